The van der Waals surface area contributed by atoms with Gasteiger partial charge in [-0.15, -0.1) is 0 Å². The number of aliphatic carboxylic acids is 1. The number of hydrogen-bond donors (Lipinski definition) is 2. The highest BCUT2D eigenvalue weighted by atomic mass is 35.5. The molecule has 0 spiro atoms. The van der Waals surface area contributed by atoms with E-state index in [1.807, 2.05) is 0 Å². The van der Waals surface area contributed by atoms with Crippen LogP contribution in [0.5, 0.6) is 11.5 Å². The van der Waals surface area contributed by atoms with Crippen LogP contribution in [0.15, 0.2) is 12.1 Å². The minimum absolute atomic E-state index is 0.00718. The highest BCUT2D eigenvalue weighted by Crippen LogP contribution is 2.42. The van der Waals surface area contributed by atoms with Crippen molar-refractivity contribution in [1.82, 2.24) is 0 Å². The summed E-state index contributed by atoms with van der Waals surface area (Å²) in [6.07, 6.45) is 0. The van der Waals surface area contributed by atoms with Crippen LogP contribution in [-0.2, 0) is 4.79 Å². The molecule has 1 aromatic carbocycles. The second kappa shape index (κ2) is 4.81. The summed E-state index contributed by atoms with van der Waals surface area (Å²) in [5, 5.41) is 9.50. The molecule has 2 rings (SSSR count). The summed E-state index contributed by atoms with van der Waals surface area (Å²) in [5.74, 6) is -1.02. The van der Waals surface area contributed by atoms with Gasteiger partial charge in [-0.25, -0.2) is 0 Å². The topological polar surface area (TPSA) is 81.8 Å². The van der Waals surface area contributed by atoms with Crippen molar-refractivity contribution in [2.45, 2.75) is 5.92 Å². The molecule has 17 heavy (non-hydrogen) atoms. The third-order valence-electron chi connectivity index (χ3n) is 2.58. The molecule has 1 heterocycles. The maximum atomic E-state index is 11.1. The summed E-state index contributed by atoms with van der Waals surface area (Å²) in [4.78, 5) is 11.1. The van der Waals surface area contributed by atoms with Gasteiger partial charge in [0, 0.05) is 12.1 Å². The number of carbonyl (C=O) groups is 1. The Morgan fingerprint density at radius 3 is 2.65 bits per heavy atom. The van der Waals surface area contributed by atoms with E-state index in [2.05, 4.69) is 0 Å². The Morgan fingerprint density at radius 2 is 2.06 bits per heavy atom. The fourth-order valence-corrected chi connectivity index (χ4v) is 1.96. The van der Waals surface area contributed by atoms with E-state index in [9.17, 15) is 4.79 Å². The molecule has 3 N–H and O–H groups in total. The predicted molar refractivity (Wildman–Crippen MR) is 61.9 cm³/mol. The molecule has 0 radical (unpaired) electrons. The number of rotatable bonds is 3. The molecule has 0 bridgehead atoms. The van der Waals surface area contributed by atoms with Crippen molar-refractivity contribution in [3.63, 3.8) is 0 Å². The highest BCUT2D eigenvalue weighted by molar-refractivity contribution is 6.32. The molecule has 1 aromatic rings. The second-order valence-electron chi connectivity index (χ2n) is 3.62. The zero-order chi connectivity index (χ0) is 12.4. The van der Waals surface area contributed by atoms with E-state index in [-0.39, 0.29) is 6.54 Å². The highest BCUT2D eigenvalue weighted by Gasteiger charge is 2.27. The first kappa shape index (κ1) is 12.0. The van der Waals surface area contributed by atoms with Crippen LogP contribution in [0.2, 0.25) is 5.02 Å². The van der Waals surface area contributed by atoms with Gasteiger partial charge in [-0.2, -0.15) is 0 Å². The summed E-state index contributed by atoms with van der Waals surface area (Å²) in [7, 11) is 0. The van der Waals surface area contributed by atoms with Gasteiger partial charge in [0.25, 0.3) is 0 Å². The summed E-state index contributed by atoms with van der Waals surface area (Å²) in [6.45, 7) is 0.764. The summed E-state index contributed by atoms with van der Waals surface area (Å²) >= 11 is 5.96. The zero-order valence-corrected chi connectivity index (χ0v) is 9.74. The molecule has 0 saturated carbocycles. The molecule has 0 aromatic heterocycles. The molecular weight excluding hydrogens is 246 g/mol. The van der Waals surface area contributed by atoms with E-state index in [0.717, 1.165) is 0 Å². The van der Waals surface area contributed by atoms with Crippen molar-refractivity contribution in [2.75, 3.05) is 19.8 Å². The van der Waals surface area contributed by atoms with Crippen LogP contribution in [0.1, 0.15) is 11.5 Å². The molecule has 0 aliphatic carbocycles. The third kappa shape index (κ3) is 2.16. The Morgan fingerprint density at radius 1 is 1.41 bits per heavy atom. The molecule has 1 atom stereocenters. The second-order valence-corrected chi connectivity index (χ2v) is 4.03. The lowest BCUT2D eigenvalue weighted by atomic mass is 9.97. The summed E-state index contributed by atoms with van der Waals surface area (Å²) < 4.78 is 10.8. The summed E-state index contributed by atoms with van der Waals surface area (Å²) in [5.41, 5.74) is 5.97. The van der Waals surface area contributed by atoms with Gasteiger partial charge in [-0.1, -0.05) is 17.7 Å². The molecule has 0 fully saturated rings. The largest absolute Gasteiger partial charge is 0.486 e. The third-order valence-corrected chi connectivity index (χ3v) is 2.88. The number of hydrogen-bond acceptors (Lipinski definition) is 4. The van der Waals surface area contributed by atoms with Crippen LogP contribution in [0.25, 0.3) is 0 Å². The molecule has 1 aliphatic rings. The molecule has 92 valence electrons. The number of benzene rings is 1. The number of nitrogens with two attached hydrogens (primary N) is 1. The quantitative estimate of drug-likeness (QED) is 0.851. The van der Waals surface area contributed by atoms with Crippen molar-refractivity contribution in [3.05, 3.63) is 22.7 Å². The fraction of sp³-hybridized carbons (Fsp3) is 0.364. The Labute approximate surface area is 103 Å². The normalized spacial score (nSPS) is 15.4. The number of halogens is 1. The fourth-order valence-electron chi connectivity index (χ4n) is 1.76. The van der Waals surface area contributed by atoms with E-state index in [4.69, 9.17) is 31.9 Å². The Hall–Kier alpha value is -1.46. The van der Waals surface area contributed by atoms with Crippen LogP contribution in [-0.4, -0.2) is 30.8 Å². The average molecular weight is 258 g/mol. The maximum Gasteiger partial charge on any atom is 0.312 e. The minimum Gasteiger partial charge on any atom is -0.486 e. The lowest BCUT2D eigenvalue weighted by Crippen LogP contribution is -2.24. The molecule has 1 unspecified atom stereocenters. The number of carboxylic acids is 1. The van der Waals surface area contributed by atoms with Crippen molar-refractivity contribution in [2.24, 2.45) is 5.73 Å². The van der Waals surface area contributed by atoms with Crippen LogP contribution in [0.4, 0.5) is 0 Å². The van der Waals surface area contributed by atoms with Crippen LogP contribution in [0.3, 0.4) is 0 Å². The van der Waals surface area contributed by atoms with Gasteiger partial charge < -0.3 is 20.3 Å². The van der Waals surface area contributed by atoms with Crippen LogP contribution in [0, 0.1) is 0 Å². The van der Waals surface area contributed by atoms with Gasteiger partial charge in [0.2, 0.25) is 0 Å². The Balaban J connectivity index is 2.51. The van der Waals surface area contributed by atoms with E-state index in [1.54, 1.807) is 12.1 Å². The molecule has 0 saturated heterocycles. The van der Waals surface area contributed by atoms with Gasteiger partial charge in [-0.05, 0) is 6.07 Å². The molecule has 5 nitrogen and oxygen atoms in total. The lowest BCUT2D eigenvalue weighted by molar-refractivity contribution is -0.138. The van der Waals surface area contributed by atoms with Crippen molar-refractivity contribution < 1.29 is 19.4 Å². The summed E-state index contributed by atoms with van der Waals surface area (Å²) in [6, 6.07) is 3.21. The molecule has 1 aliphatic heterocycles. The first-order valence-corrected chi connectivity index (χ1v) is 5.53. The van der Waals surface area contributed by atoms with E-state index >= 15 is 0 Å². The van der Waals surface area contributed by atoms with Gasteiger partial charge in [0.15, 0.2) is 11.5 Å². The Bertz CT molecular complexity index is 449. The van der Waals surface area contributed by atoms with E-state index in [0.29, 0.717) is 35.3 Å². The van der Waals surface area contributed by atoms with Gasteiger partial charge in [0.1, 0.15) is 13.2 Å². The van der Waals surface area contributed by atoms with Gasteiger partial charge >= 0.3 is 5.97 Å². The maximum absolute atomic E-state index is 11.1. The number of carboxylic acid groups (broad SMARTS) is 1. The predicted octanol–water partition coefficient (Wildman–Crippen LogP) is 1.24. The lowest BCUT2D eigenvalue weighted by Gasteiger charge is -2.24. The van der Waals surface area contributed by atoms with Crippen LogP contribution >= 0.6 is 11.6 Å². The molecule has 6 heteroatoms. The average Bonchev–Trinajstić information content (AvgIpc) is 2.33. The Kier molecular flexibility index (Phi) is 3.40. The van der Waals surface area contributed by atoms with Crippen LogP contribution < -0.4 is 15.2 Å². The minimum atomic E-state index is -0.994. The zero-order valence-electron chi connectivity index (χ0n) is 8.98. The first-order valence-electron chi connectivity index (χ1n) is 5.16. The first-order chi connectivity index (χ1) is 8.15. The van der Waals surface area contributed by atoms with E-state index in [1.165, 1.54) is 0 Å². The van der Waals surface area contributed by atoms with Crippen molar-refractivity contribution >= 4 is 17.6 Å². The number of fused-ring (bicyclic) bond motifs is 1. The van der Waals surface area contributed by atoms with Gasteiger partial charge in [0.05, 0.1) is 10.9 Å². The van der Waals surface area contributed by atoms with Crippen molar-refractivity contribution in [3.8, 4) is 11.5 Å². The molecular formula is C11H12ClNO4. The number of ether oxygens (including phenoxy) is 2. The molecule has 0 amide bonds. The standard InChI is InChI=1S/C11H12ClNO4/c12-8-2-1-6(7(5-13)11(14)15)9-10(8)17-4-3-16-9/h1-2,7H,3-5,13H2,(H,14,15). The van der Waals surface area contributed by atoms with Crippen molar-refractivity contribution in [1.29, 1.82) is 0 Å². The SMILES string of the molecule is NCC(C(=O)O)c1ccc(Cl)c2c1OCCO2. The van der Waals surface area contributed by atoms with E-state index < -0.39 is 11.9 Å². The monoisotopic (exact) mass is 257 g/mol. The van der Waals surface area contributed by atoms with Gasteiger partial charge in [-0.3, -0.25) is 4.79 Å². The smallest absolute Gasteiger partial charge is 0.312 e.